The molecule has 3 nitrogen and oxygen atoms in total. The molecule has 0 spiro atoms. The van der Waals surface area contributed by atoms with Gasteiger partial charge in [-0.15, -0.1) is 22.7 Å². The molecule has 20 heavy (non-hydrogen) atoms. The number of nitrogens with one attached hydrogen (secondary N) is 1. The van der Waals surface area contributed by atoms with Gasteiger partial charge in [0.05, 0.1) is 9.83 Å². The van der Waals surface area contributed by atoms with Crippen molar-refractivity contribution in [1.82, 2.24) is 4.72 Å². The Kier molecular flexibility index (Phi) is 5.42. The fourth-order valence-corrected chi connectivity index (χ4v) is 6.23. The molecule has 0 aliphatic heterocycles. The zero-order valence-electron chi connectivity index (χ0n) is 11.2. The molecule has 0 saturated carbocycles. The second-order valence-electron chi connectivity index (χ2n) is 4.50. The molecular weight excluding hydrogens is 378 g/mol. The van der Waals surface area contributed by atoms with E-state index in [1.807, 2.05) is 24.4 Å². The lowest BCUT2D eigenvalue weighted by Crippen LogP contribution is -2.27. The molecule has 110 valence electrons. The van der Waals surface area contributed by atoms with Gasteiger partial charge >= 0.3 is 0 Å². The Bertz CT molecular complexity index is 642. The van der Waals surface area contributed by atoms with Crippen molar-refractivity contribution < 1.29 is 8.42 Å². The van der Waals surface area contributed by atoms with Crippen LogP contribution in [0.15, 0.2) is 31.6 Å². The predicted octanol–water partition coefficient (Wildman–Crippen LogP) is 4.70. The van der Waals surface area contributed by atoms with Crippen LogP contribution in [0.1, 0.15) is 36.2 Å². The summed E-state index contributed by atoms with van der Waals surface area (Å²) in [6.45, 7) is 3.95. The van der Waals surface area contributed by atoms with Gasteiger partial charge in [-0.3, -0.25) is 0 Å². The van der Waals surface area contributed by atoms with E-state index in [1.165, 1.54) is 11.3 Å². The fourth-order valence-electron chi connectivity index (χ4n) is 1.85. The van der Waals surface area contributed by atoms with Crippen LogP contribution in [0.3, 0.4) is 0 Å². The molecule has 0 bridgehead atoms. The third kappa shape index (κ3) is 3.71. The number of hydrogen-bond acceptors (Lipinski definition) is 4. The van der Waals surface area contributed by atoms with E-state index in [-0.39, 0.29) is 6.04 Å². The number of rotatable bonds is 6. The van der Waals surface area contributed by atoms with E-state index in [0.29, 0.717) is 4.21 Å². The van der Waals surface area contributed by atoms with Gasteiger partial charge in [0.15, 0.2) is 0 Å². The monoisotopic (exact) mass is 393 g/mol. The smallest absolute Gasteiger partial charge is 0.206 e. The van der Waals surface area contributed by atoms with Crippen LogP contribution in [0.2, 0.25) is 0 Å². The largest absolute Gasteiger partial charge is 0.250 e. The second-order valence-corrected chi connectivity index (χ2v) is 9.79. The molecule has 7 heteroatoms. The maximum absolute atomic E-state index is 12.5. The zero-order chi connectivity index (χ0) is 14.8. The highest BCUT2D eigenvalue weighted by molar-refractivity contribution is 9.11. The Morgan fingerprint density at radius 2 is 2.20 bits per heavy atom. The topological polar surface area (TPSA) is 46.2 Å². The van der Waals surface area contributed by atoms with Gasteiger partial charge in [0.2, 0.25) is 0 Å². The highest BCUT2D eigenvalue weighted by Crippen LogP contribution is 2.32. The molecule has 0 aliphatic rings. The standard InChI is InChI=1S/C13H16BrNO2S3/c1-3-5-10(11-6-4-7-18-11)15-20(16,17)12-8-9(2)13(14)19-12/h4,6-8,10,15H,3,5H2,1-2H3. The summed E-state index contributed by atoms with van der Waals surface area (Å²) >= 11 is 6.20. The molecule has 0 radical (unpaired) electrons. The molecule has 0 saturated heterocycles. The molecule has 0 aromatic carbocycles. The highest BCUT2D eigenvalue weighted by Gasteiger charge is 2.23. The van der Waals surface area contributed by atoms with Gasteiger partial charge in [-0.05, 0) is 52.4 Å². The van der Waals surface area contributed by atoms with Gasteiger partial charge < -0.3 is 0 Å². The van der Waals surface area contributed by atoms with Crippen LogP contribution in [-0.4, -0.2) is 8.42 Å². The minimum absolute atomic E-state index is 0.147. The van der Waals surface area contributed by atoms with E-state index >= 15 is 0 Å². The van der Waals surface area contributed by atoms with Crippen LogP contribution < -0.4 is 4.72 Å². The summed E-state index contributed by atoms with van der Waals surface area (Å²) in [5, 5.41) is 1.97. The van der Waals surface area contributed by atoms with Crippen molar-refractivity contribution in [3.8, 4) is 0 Å². The lowest BCUT2D eigenvalue weighted by atomic mass is 10.1. The van der Waals surface area contributed by atoms with Gasteiger partial charge in [0.25, 0.3) is 10.0 Å². The SMILES string of the molecule is CCCC(NS(=O)(=O)c1cc(C)c(Br)s1)c1cccs1. The van der Waals surface area contributed by atoms with E-state index in [0.717, 1.165) is 27.1 Å². The van der Waals surface area contributed by atoms with Crippen LogP contribution in [0.25, 0.3) is 0 Å². The predicted molar refractivity (Wildman–Crippen MR) is 89.0 cm³/mol. The molecule has 1 unspecified atom stereocenters. The molecule has 2 aromatic rings. The van der Waals surface area contributed by atoms with Crippen molar-refractivity contribution in [2.24, 2.45) is 0 Å². The van der Waals surface area contributed by atoms with Crippen LogP contribution in [-0.2, 0) is 10.0 Å². The first-order valence-electron chi connectivity index (χ1n) is 6.25. The summed E-state index contributed by atoms with van der Waals surface area (Å²) in [6.07, 6.45) is 1.73. The van der Waals surface area contributed by atoms with E-state index in [1.54, 1.807) is 17.4 Å². The van der Waals surface area contributed by atoms with Crippen molar-refractivity contribution >= 4 is 48.6 Å². The lowest BCUT2D eigenvalue weighted by Gasteiger charge is -2.16. The van der Waals surface area contributed by atoms with Crippen molar-refractivity contribution in [3.63, 3.8) is 0 Å². The number of sulfonamides is 1. The third-order valence-electron chi connectivity index (χ3n) is 2.86. The first-order valence-corrected chi connectivity index (χ1v) is 10.2. The Balaban J connectivity index is 2.25. The van der Waals surface area contributed by atoms with E-state index in [9.17, 15) is 8.42 Å². The summed E-state index contributed by atoms with van der Waals surface area (Å²) in [6, 6.07) is 5.48. The first kappa shape index (κ1) is 16.2. The second kappa shape index (κ2) is 6.70. The number of aryl methyl sites for hydroxylation is 1. The summed E-state index contributed by atoms with van der Waals surface area (Å²) in [5.41, 5.74) is 0.943. The maximum Gasteiger partial charge on any atom is 0.250 e. The van der Waals surface area contributed by atoms with E-state index < -0.39 is 10.0 Å². The minimum atomic E-state index is -3.46. The minimum Gasteiger partial charge on any atom is -0.206 e. The zero-order valence-corrected chi connectivity index (χ0v) is 15.3. The average Bonchev–Trinajstić information content (AvgIpc) is 3.00. The summed E-state index contributed by atoms with van der Waals surface area (Å²) in [7, 11) is -3.46. The van der Waals surface area contributed by atoms with Crippen LogP contribution in [0.5, 0.6) is 0 Å². The van der Waals surface area contributed by atoms with Gasteiger partial charge in [0, 0.05) is 4.88 Å². The Morgan fingerprint density at radius 1 is 1.45 bits per heavy atom. The summed E-state index contributed by atoms with van der Waals surface area (Å²) < 4.78 is 29.0. The van der Waals surface area contributed by atoms with Crippen LogP contribution in [0.4, 0.5) is 0 Å². The Labute approximate surface area is 136 Å². The Hall–Kier alpha value is -0.210. The van der Waals surface area contributed by atoms with Crippen molar-refractivity contribution in [1.29, 1.82) is 0 Å². The molecule has 1 N–H and O–H groups in total. The normalized spacial score (nSPS) is 13.6. The quantitative estimate of drug-likeness (QED) is 0.772. The molecule has 2 aromatic heterocycles. The van der Waals surface area contributed by atoms with E-state index in [4.69, 9.17) is 0 Å². The van der Waals surface area contributed by atoms with Crippen LogP contribution >= 0.6 is 38.6 Å². The molecule has 1 atom stereocenters. The number of thiophene rings is 2. The highest BCUT2D eigenvalue weighted by atomic mass is 79.9. The summed E-state index contributed by atoms with van der Waals surface area (Å²) in [4.78, 5) is 1.06. The van der Waals surface area contributed by atoms with Crippen molar-refractivity contribution in [3.05, 3.63) is 37.8 Å². The molecule has 0 aliphatic carbocycles. The van der Waals surface area contributed by atoms with E-state index in [2.05, 4.69) is 27.6 Å². The van der Waals surface area contributed by atoms with Gasteiger partial charge in [-0.2, -0.15) is 0 Å². The average molecular weight is 394 g/mol. The number of halogens is 1. The third-order valence-corrected chi connectivity index (χ3v) is 7.93. The first-order chi connectivity index (χ1) is 9.44. The molecule has 0 fully saturated rings. The summed E-state index contributed by atoms with van der Waals surface area (Å²) in [5.74, 6) is 0. The Morgan fingerprint density at radius 3 is 2.70 bits per heavy atom. The maximum atomic E-state index is 12.5. The molecule has 0 amide bonds. The number of hydrogen-bond donors (Lipinski definition) is 1. The van der Waals surface area contributed by atoms with Gasteiger partial charge in [-0.25, -0.2) is 13.1 Å². The molecule has 2 rings (SSSR count). The lowest BCUT2D eigenvalue weighted by molar-refractivity contribution is 0.542. The van der Waals surface area contributed by atoms with Gasteiger partial charge in [0.1, 0.15) is 4.21 Å². The van der Waals surface area contributed by atoms with Crippen molar-refractivity contribution in [2.45, 2.75) is 36.9 Å². The van der Waals surface area contributed by atoms with Crippen LogP contribution in [0, 0.1) is 6.92 Å². The fraction of sp³-hybridized carbons (Fsp3) is 0.385. The van der Waals surface area contributed by atoms with Gasteiger partial charge in [-0.1, -0.05) is 19.4 Å². The molecular formula is C13H16BrNO2S3. The van der Waals surface area contributed by atoms with Crippen molar-refractivity contribution in [2.75, 3.05) is 0 Å². The molecule has 2 heterocycles.